The number of nitrogens with zero attached hydrogens (tertiary/aromatic N) is 4. The normalized spacial score (nSPS) is 16.4. The van der Waals surface area contributed by atoms with Crippen LogP contribution in [0.2, 0.25) is 0 Å². The van der Waals surface area contributed by atoms with E-state index < -0.39 is 0 Å². The molecular weight excluding hydrogens is 348 g/mol. The zero-order valence-corrected chi connectivity index (χ0v) is 15.6. The predicted octanol–water partition coefficient (Wildman–Crippen LogP) is 4.54. The first-order chi connectivity index (χ1) is 13.8. The Labute approximate surface area is 163 Å². The minimum atomic E-state index is 0.0402. The van der Waals surface area contributed by atoms with Crippen molar-refractivity contribution in [2.24, 2.45) is 0 Å². The van der Waals surface area contributed by atoms with Crippen molar-refractivity contribution in [1.82, 2.24) is 15.0 Å². The molecule has 1 aliphatic rings. The largest absolute Gasteiger partial charge is 0.497 e. The Morgan fingerprint density at radius 1 is 0.893 bits per heavy atom. The number of hydrogen-bond acceptors (Lipinski definition) is 4. The first-order valence-corrected chi connectivity index (χ1v) is 9.31. The maximum absolute atomic E-state index is 5.34. The van der Waals surface area contributed by atoms with Crippen LogP contribution in [-0.4, -0.2) is 28.6 Å². The van der Waals surface area contributed by atoms with Gasteiger partial charge in [-0.05, 0) is 48.0 Å². The van der Waals surface area contributed by atoms with Gasteiger partial charge < -0.3 is 9.64 Å². The average molecular weight is 368 g/mol. The molecule has 0 fully saturated rings. The fourth-order valence-electron chi connectivity index (χ4n) is 3.84. The highest BCUT2D eigenvalue weighted by molar-refractivity contribution is 5.80. The molecule has 0 amide bonds. The van der Waals surface area contributed by atoms with Crippen LogP contribution >= 0.6 is 0 Å². The Balaban J connectivity index is 1.63. The van der Waals surface area contributed by atoms with E-state index in [0.29, 0.717) is 0 Å². The number of ether oxygens (including phenoxy) is 1. The van der Waals surface area contributed by atoms with Gasteiger partial charge in [0.2, 0.25) is 0 Å². The van der Waals surface area contributed by atoms with Crippen molar-refractivity contribution in [3.05, 3.63) is 90.5 Å². The van der Waals surface area contributed by atoms with Crippen LogP contribution in [0.1, 0.15) is 11.6 Å². The summed E-state index contributed by atoms with van der Waals surface area (Å²) < 4.78 is 7.31. The second kappa shape index (κ2) is 6.85. The zero-order valence-electron chi connectivity index (χ0n) is 15.6. The summed E-state index contributed by atoms with van der Waals surface area (Å²) in [5, 5.41) is 8.81. The van der Waals surface area contributed by atoms with Crippen LogP contribution in [0, 0.1) is 0 Å². The molecule has 1 atom stereocenters. The molecule has 2 heterocycles. The fraction of sp³-hybridized carbons (Fsp3) is 0.130. The fourth-order valence-corrected chi connectivity index (χ4v) is 3.84. The van der Waals surface area contributed by atoms with Crippen LogP contribution in [0.3, 0.4) is 0 Å². The van der Waals surface area contributed by atoms with E-state index in [1.165, 1.54) is 11.3 Å². The summed E-state index contributed by atoms with van der Waals surface area (Å²) in [7, 11) is 1.69. The molecule has 0 bridgehead atoms. The van der Waals surface area contributed by atoms with Gasteiger partial charge in [0, 0.05) is 12.2 Å². The molecule has 28 heavy (non-hydrogen) atoms. The predicted molar refractivity (Wildman–Crippen MR) is 111 cm³/mol. The van der Waals surface area contributed by atoms with Gasteiger partial charge in [0.1, 0.15) is 11.3 Å². The van der Waals surface area contributed by atoms with Gasteiger partial charge in [-0.15, -0.1) is 5.10 Å². The number of rotatable bonds is 4. The van der Waals surface area contributed by atoms with Crippen LogP contribution in [0.5, 0.6) is 5.75 Å². The smallest absolute Gasteiger partial charge is 0.118 e. The minimum Gasteiger partial charge on any atom is -0.497 e. The lowest BCUT2D eigenvalue weighted by molar-refractivity contribution is 0.414. The first kappa shape index (κ1) is 16.6. The summed E-state index contributed by atoms with van der Waals surface area (Å²) in [6.45, 7) is 0.810. The lowest BCUT2D eigenvalue weighted by Gasteiger charge is -2.29. The Morgan fingerprint density at radius 2 is 1.64 bits per heavy atom. The van der Waals surface area contributed by atoms with E-state index in [4.69, 9.17) is 4.74 Å². The van der Waals surface area contributed by atoms with Crippen LogP contribution in [-0.2, 0) is 0 Å². The molecule has 4 aromatic rings. The third-order valence-corrected chi connectivity index (χ3v) is 5.20. The van der Waals surface area contributed by atoms with Crippen molar-refractivity contribution in [2.75, 3.05) is 18.6 Å². The maximum atomic E-state index is 5.34. The molecule has 0 saturated carbocycles. The highest BCUT2D eigenvalue weighted by atomic mass is 16.5. The first-order valence-electron chi connectivity index (χ1n) is 9.31. The number of hydrogen-bond donors (Lipinski definition) is 0. The number of para-hydroxylation sites is 2. The monoisotopic (exact) mass is 368 g/mol. The number of fused-ring (bicyclic) bond motifs is 1. The summed E-state index contributed by atoms with van der Waals surface area (Å²) in [4.78, 5) is 2.38. The molecule has 138 valence electrons. The third-order valence-electron chi connectivity index (χ3n) is 5.20. The topological polar surface area (TPSA) is 43.2 Å². The molecule has 1 aromatic heterocycles. The van der Waals surface area contributed by atoms with Gasteiger partial charge in [0.15, 0.2) is 0 Å². The molecule has 3 aromatic carbocycles. The molecule has 1 unspecified atom stereocenters. The molecule has 1 aliphatic heterocycles. The van der Waals surface area contributed by atoms with Crippen molar-refractivity contribution >= 4 is 22.4 Å². The van der Waals surface area contributed by atoms with Gasteiger partial charge in [-0.3, -0.25) is 0 Å². The van der Waals surface area contributed by atoms with Crippen molar-refractivity contribution < 1.29 is 4.74 Å². The van der Waals surface area contributed by atoms with Gasteiger partial charge in [-0.1, -0.05) is 47.7 Å². The Hall–Kier alpha value is -3.60. The van der Waals surface area contributed by atoms with Gasteiger partial charge in [-0.25, -0.2) is 4.68 Å². The van der Waals surface area contributed by atoms with E-state index in [2.05, 4.69) is 63.8 Å². The summed E-state index contributed by atoms with van der Waals surface area (Å²) in [6.07, 6.45) is 2.24. The zero-order chi connectivity index (χ0) is 18.9. The van der Waals surface area contributed by atoms with Crippen LogP contribution in [0.25, 0.3) is 16.7 Å². The summed E-state index contributed by atoms with van der Waals surface area (Å²) in [5.41, 5.74) is 5.40. The van der Waals surface area contributed by atoms with Crippen molar-refractivity contribution in [2.45, 2.75) is 6.04 Å². The quantitative estimate of drug-likeness (QED) is 0.530. The second-order valence-electron chi connectivity index (χ2n) is 6.78. The van der Waals surface area contributed by atoms with Crippen LogP contribution in [0.15, 0.2) is 84.9 Å². The van der Waals surface area contributed by atoms with E-state index in [9.17, 15) is 0 Å². The Kier molecular flexibility index (Phi) is 4.05. The van der Waals surface area contributed by atoms with Crippen LogP contribution in [0.4, 0.5) is 5.69 Å². The van der Waals surface area contributed by atoms with Gasteiger partial charge >= 0.3 is 0 Å². The lowest BCUT2D eigenvalue weighted by Crippen LogP contribution is -2.26. The molecule has 5 heteroatoms. The highest BCUT2D eigenvalue weighted by Crippen LogP contribution is 2.40. The molecule has 0 saturated heterocycles. The molecule has 5 nitrogen and oxygen atoms in total. The molecule has 0 N–H and O–H groups in total. The average Bonchev–Trinajstić information content (AvgIpc) is 3.38. The molecule has 5 rings (SSSR count). The standard InChI is InChI=1S/C23H20N4O/c1-28-19-13-11-17(12-14-19)23-22(15-16-26(23)18-7-3-2-4-8-18)27-21-10-6-5-9-20(21)24-25-27/h2-15,23H,16H2,1H3. The van der Waals surface area contributed by atoms with E-state index in [0.717, 1.165) is 29.0 Å². The SMILES string of the molecule is COc1ccc(C2C(n3nnc4ccccc43)=CCN2c2ccccc2)cc1. The van der Waals surface area contributed by atoms with E-state index in [1.54, 1.807) is 7.11 Å². The van der Waals surface area contributed by atoms with E-state index in [1.807, 2.05) is 41.1 Å². The molecule has 0 aliphatic carbocycles. The van der Waals surface area contributed by atoms with Gasteiger partial charge in [0.05, 0.1) is 24.4 Å². The van der Waals surface area contributed by atoms with E-state index in [-0.39, 0.29) is 6.04 Å². The number of aromatic nitrogens is 3. The Morgan fingerprint density at radius 3 is 2.43 bits per heavy atom. The van der Waals surface area contributed by atoms with E-state index >= 15 is 0 Å². The molecule has 0 spiro atoms. The van der Waals surface area contributed by atoms with Crippen molar-refractivity contribution in [1.29, 1.82) is 0 Å². The number of methoxy groups -OCH3 is 1. The second-order valence-corrected chi connectivity index (χ2v) is 6.78. The third kappa shape index (κ3) is 2.72. The van der Waals surface area contributed by atoms with Crippen molar-refractivity contribution in [3.63, 3.8) is 0 Å². The number of anilines is 1. The highest BCUT2D eigenvalue weighted by Gasteiger charge is 2.31. The number of benzene rings is 3. The van der Waals surface area contributed by atoms with Gasteiger partial charge in [0.25, 0.3) is 0 Å². The van der Waals surface area contributed by atoms with Gasteiger partial charge in [-0.2, -0.15) is 0 Å². The summed E-state index contributed by atoms with van der Waals surface area (Å²) >= 11 is 0. The summed E-state index contributed by atoms with van der Waals surface area (Å²) in [6, 6.07) is 26.8. The molecule has 0 radical (unpaired) electrons. The molecular formula is C23H20N4O. The van der Waals surface area contributed by atoms with Crippen molar-refractivity contribution in [3.8, 4) is 5.75 Å². The minimum absolute atomic E-state index is 0.0402. The lowest BCUT2D eigenvalue weighted by atomic mass is 10.0. The summed E-state index contributed by atoms with van der Waals surface area (Å²) in [5.74, 6) is 0.852. The Bertz CT molecular complexity index is 1130. The van der Waals surface area contributed by atoms with Crippen LogP contribution < -0.4 is 9.64 Å². The maximum Gasteiger partial charge on any atom is 0.118 e.